The van der Waals surface area contributed by atoms with Crippen molar-refractivity contribution in [2.24, 2.45) is 0 Å². The number of nitrogens with zero attached hydrogens (tertiary/aromatic N) is 4. The summed E-state index contributed by atoms with van der Waals surface area (Å²) in [5.74, 6) is -0.389. The van der Waals surface area contributed by atoms with Crippen molar-refractivity contribution in [2.45, 2.75) is 39.8 Å². The maximum Gasteiger partial charge on any atom is 0.407 e. The third kappa shape index (κ3) is 6.72. The number of pyridine rings is 1. The molecule has 0 atom stereocenters. The second-order valence-corrected chi connectivity index (χ2v) is 9.19. The molecule has 0 aromatic carbocycles. The molecule has 10 heteroatoms. The Morgan fingerprint density at radius 3 is 2.82 bits per heavy atom. The lowest BCUT2D eigenvalue weighted by Crippen LogP contribution is -2.34. The monoisotopic (exact) mass is 470 g/mol. The Bertz CT molecular complexity index is 1160. The number of nitrogens with one attached hydrogen (secondary N) is 2. The first-order valence-electron chi connectivity index (χ1n) is 10.3. The molecule has 174 valence electrons. The first kappa shape index (κ1) is 24.1. The van der Waals surface area contributed by atoms with Gasteiger partial charge in [0.2, 0.25) is 0 Å². The molecule has 3 aromatic heterocycles. The number of thiazole rings is 1. The SMILES string of the molecule is C=Cc1ncn(CCNC(=O)OC(C)(C)C)c1/C=C(\C)Nc1ncc(-c2ncccc2F)s1. The van der Waals surface area contributed by atoms with Crippen LogP contribution in [0.15, 0.2) is 43.1 Å². The van der Waals surface area contributed by atoms with Gasteiger partial charge in [0, 0.05) is 31.2 Å². The Morgan fingerprint density at radius 2 is 2.12 bits per heavy atom. The van der Waals surface area contributed by atoms with E-state index in [9.17, 15) is 9.18 Å². The number of rotatable bonds is 8. The van der Waals surface area contributed by atoms with Gasteiger partial charge < -0.3 is 19.9 Å². The minimum absolute atomic E-state index is 0.272. The van der Waals surface area contributed by atoms with Gasteiger partial charge >= 0.3 is 6.09 Å². The van der Waals surface area contributed by atoms with Gasteiger partial charge in [0.15, 0.2) is 5.13 Å². The summed E-state index contributed by atoms with van der Waals surface area (Å²) in [5, 5.41) is 6.58. The molecule has 0 saturated carbocycles. The molecule has 0 fully saturated rings. The second-order valence-electron chi connectivity index (χ2n) is 8.16. The van der Waals surface area contributed by atoms with Crippen LogP contribution < -0.4 is 10.6 Å². The highest BCUT2D eigenvalue weighted by atomic mass is 32.1. The molecule has 33 heavy (non-hydrogen) atoms. The molecule has 0 aliphatic heterocycles. The molecule has 0 unspecified atom stereocenters. The fourth-order valence-corrected chi connectivity index (χ4v) is 3.79. The Hall–Kier alpha value is -3.53. The van der Waals surface area contributed by atoms with Gasteiger partial charge in [0.1, 0.15) is 17.1 Å². The highest BCUT2D eigenvalue weighted by Crippen LogP contribution is 2.30. The number of hydrogen-bond donors (Lipinski definition) is 2. The standard InChI is InChI=1S/C23H27FN6O2S/c1-6-17-18(30(14-28-17)11-10-26-22(31)32-23(3,4)5)12-15(2)29-21-27-13-19(33-21)20-16(24)8-7-9-25-20/h6-9,12-14H,1,10-11H2,2-5H3,(H,26,31)(H,27,29)/b15-12+. The molecule has 0 saturated heterocycles. The Morgan fingerprint density at radius 1 is 1.33 bits per heavy atom. The molecule has 2 N–H and O–H groups in total. The number of aromatic nitrogens is 4. The predicted octanol–water partition coefficient (Wildman–Crippen LogP) is 5.18. The summed E-state index contributed by atoms with van der Waals surface area (Å²) in [5.41, 5.74) is 2.07. The van der Waals surface area contributed by atoms with Crippen LogP contribution in [-0.2, 0) is 11.3 Å². The molecule has 8 nitrogen and oxygen atoms in total. The smallest absolute Gasteiger partial charge is 0.407 e. The van der Waals surface area contributed by atoms with Crippen molar-refractivity contribution in [3.05, 3.63) is 60.3 Å². The van der Waals surface area contributed by atoms with Gasteiger partial charge in [0.05, 0.1) is 22.6 Å². The van der Waals surface area contributed by atoms with E-state index in [0.29, 0.717) is 28.8 Å². The third-order valence-corrected chi connectivity index (χ3v) is 5.20. The largest absolute Gasteiger partial charge is 0.444 e. The van der Waals surface area contributed by atoms with Crippen molar-refractivity contribution < 1.29 is 13.9 Å². The van der Waals surface area contributed by atoms with E-state index in [0.717, 1.165) is 11.4 Å². The molecule has 0 bridgehead atoms. The van der Waals surface area contributed by atoms with Crippen LogP contribution in [0.4, 0.5) is 14.3 Å². The fraction of sp³-hybridized carbons (Fsp3) is 0.304. The van der Waals surface area contributed by atoms with Crippen molar-refractivity contribution in [2.75, 3.05) is 11.9 Å². The zero-order valence-electron chi connectivity index (χ0n) is 19.1. The minimum atomic E-state index is -0.552. The number of hydrogen-bond acceptors (Lipinski definition) is 7. The average Bonchev–Trinajstić information content (AvgIpc) is 3.34. The van der Waals surface area contributed by atoms with E-state index >= 15 is 0 Å². The van der Waals surface area contributed by atoms with E-state index in [1.165, 1.54) is 17.4 Å². The van der Waals surface area contributed by atoms with Gasteiger partial charge in [-0.3, -0.25) is 4.98 Å². The highest BCUT2D eigenvalue weighted by molar-refractivity contribution is 7.18. The molecular formula is C23H27FN6O2S. The number of imidazole rings is 1. The Kier molecular flexibility index (Phi) is 7.59. The van der Waals surface area contributed by atoms with Crippen molar-refractivity contribution in [3.8, 4) is 10.6 Å². The summed E-state index contributed by atoms with van der Waals surface area (Å²) in [7, 11) is 0. The summed E-state index contributed by atoms with van der Waals surface area (Å²) in [6.07, 6.45) is 7.95. The summed E-state index contributed by atoms with van der Waals surface area (Å²) in [6.45, 7) is 12.0. The number of carbonyl (C=O) groups excluding carboxylic acids is 1. The third-order valence-electron chi connectivity index (χ3n) is 4.28. The van der Waals surface area contributed by atoms with E-state index in [1.54, 1.807) is 30.9 Å². The van der Waals surface area contributed by atoms with Crippen LogP contribution in [0.1, 0.15) is 39.1 Å². The van der Waals surface area contributed by atoms with Gasteiger partial charge in [0.25, 0.3) is 0 Å². The van der Waals surface area contributed by atoms with Crippen LogP contribution in [0.3, 0.4) is 0 Å². The highest BCUT2D eigenvalue weighted by Gasteiger charge is 2.16. The van der Waals surface area contributed by atoms with Gasteiger partial charge in [-0.1, -0.05) is 17.9 Å². The molecule has 0 aliphatic rings. The maximum atomic E-state index is 14.0. The van der Waals surface area contributed by atoms with E-state index in [2.05, 4.69) is 32.2 Å². The molecule has 3 aromatic rings. The van der Waals surface area contributed by atoms with Crippen LogP contribution in [0.5, 0.6) is 0 Å². The van der Waals surface area contributed by atoms with E-state index in [-0.39, 0.29) is 11.5 Å². The van der Waals surface area contributed by atoms with Crippen molar-refractivity contribution in [1.29, 1.82) is 0 Å². The summed E-state index contributed by atoms with van der Waals surface area (Å²) in [4.78, 5) is 25.3. The molecule has 0 radical (unpaired) electrons. The molecule has 3 heterocycles. The van der Waals surface area contributed by atoms with Gasteiger partial charge in [-0.2, -0.15) is 0 Å². The maximum absolute atomic E-state index is 14.0. The lowest BCUT2D eigenvalue weighted by molar-refractivity contribution is 0.0526. The van der Waals surface area contributed by atoms with Crippen LogP contribution in [-0.4, -0.2) is 37.8 Å². The zero-order valence-corrected chi connectivity index (χ0v) is 19.9. The van der Waals surface area contributed by atoms with Gasteiger partial charge in [-0.25, -0.2) is 19.2 Å². The lowest BCUT2D eigenvalue weighted by Gasteiger charge is -2.19. The average molecular weight is 471 g/mol. The van der Waals surface area contributed by atoms with Crippen molar-refractivity contribution in [3.63, 3.8) is 0 Å². The Labute approximate surface area is 196 Å². The first-order chi connectivity index (χ1) is 15.7. The summed E-state index contributed by atoms with van der Waals surface area (Å²) in [6, 6.07) is 2.92. The first-order valence-corrected chi connectivity index (χ1v) is 11.1. The quantitative estimate of drug-likeness (QED) is 0.471. The van der Waals surface area contributed by atoms with Crippen LogP contribution in [0, 0.1) is 5.82 Å². The van der Waals surface area contributed by atoms with Crippen LogP contribution in [0.25, 0.3) is 22.7 Å². The number of halogens is 1. The van der Waals surface area contributed by atoms with Crippen molar-refractivity contribution in [1.82, 2.24) is 24.8 Å². The van der Waals surface area contributed by atoms with Gasteiger partial charge in [-0.15, -0.1) is 0 Å². The number of ether oxygens (including phenoxy) is 1. The predicted molar refractivity (Wildman–Crippen MR) is 129 cm³/mol. The van der Waals surface area contributed by atoms with Crippen molar-refractivity contribution >= 4 is 34.7 Å². The minimum Gasteiger partial charge on any atom is -0.444 e. The fourth-order valence-electron chi connectivity index (χ4n) is 2.91. The number of anilines is 1. The molecular weight excluding hydrogens is 443 g/mol. The van der Waals surface area contributed by atoms with Crippen LogP contribution in [0.2, 0.25) is 0 Å². The molecule has 0 spiro atoms. The van der Waals surface area contributed by atoms with E-state index in [1.807, 2.05) is 38.3 Å². The zero-order chi connectivity index (χ0) is 24.0. The number of allylic oxidation sites excluding steroid dienone is 1. The van der Waals surface area contributed by atoms with E-state index in [4.69, 9.17) is 4.74 Å². The number of amides is 1. The Balaban J connectivity index is 1.68. The normalized spacial score (nSPS) is 11.8. The molecule has 1 amide bonds. The molecule has 3 rings (SSSR count). The second kappa shape index (κ2) is 10.4. The lowest BCUT2D eigenvalue weighted by atomic mass is 10.2. The van der Waals surface area contributed by atoms with Crippen LogP contribution >= 0.6 is 11.3 Å². The topological polar surface area (TPSA) is 94.0 Å². The number of carbonyl (C=O) groups is 1. The number of alkyl carbamates (subject to hydrolysis) is 1. The summed E-state index contributed by atoms with van der Waals surface area (Å²) >= 11 is 1.31. The molecule has 0 aliphatic carbocycles. The summed E-state index contributed by atoms with van der Waals surface area (Å²) < 4.78 is 21.2. The van der Waals surface area contributed by atoms with E-state index < -0.39 is 11.7 Å². The van der Waals surface area contributed by atoms with Gasteiger partial charge in [-0.05, 0) is 52.0 Å².